The second kappa shape index (κ2) is 8.08. The van der Waals surface area contributed by atoms with Gasteiger partial charge >= 0.3 is 6.18 Å². The molecular weight excluding hydrogens is 327 g/mol. The third kappa shape index (κ3) is 4.54. The number of alkyl halides is 4. The van der Waals surface area contributed by atoms with Crippen molar-refractivity contribution in [3.8, 4) is 0 Å². The van der Waals surface area contributed by atoms with Crippen molar-refractivity contribution in [2.24, 2.45) is 0 Å². The molecule has 2 nitrogen and oxygen atoms in total. The van der Waals surface area contributed by atoms with Gasteiger partial charge in [0.25, 0.3) is 0 Å². The summed E-state index contributed by atoms with van der Waals surface area (Å²) in [6.45, 7) is 1.65. The molecule has 2 rings (SSSR count). The molecule has 0 radical (unpaired) electrons. The summed E-state index contributed by atoms with van der Waals surface area (Å²) in [7, 11) is 0. The van der Waals surface area contributed by atoms with E-state index >= 15 is 0 Å². The van der Waals surface area contributed by atoms with E-state index in [4.69, 9.17) is 0 Å². The van der Waals surface area contributed by atoms with Crippen molar-refractivity contribution in [1.29, 1.82) is 0 Å². The Balaban J connectivity index is 0.00000242. The van der Waals surface area contributed by atoms with Crippen molar-refractivity contribution in [2.75, 3.05) is 32.9 Å². The topological polar surface area (TPSA) is 15.3 Å². The predicted molar refractivity (Wildman–Crippen MR) is 76.4 cm³/mol. The zero-order valence-electron chi connectivity index (χ0n) is 11.8. The highest BCUT2D eigenvalue weighted by Crippen LogP contribution is 2.38. The minimum Gasteiger partial charge on any atom is -0.314 e. The molecule has 1 aromatic rings. The van der Waals surface area contributed by atoms with E-state index in [2.05, 4.69) is 5.32 Å². The second-order valence-electron chi connectivity index (χ2n) is 5.01. The van der Waals surface area contributed by atoms with E-state index in [9.17, 15) is 22.0 Å². The van der Waals surface area contributed by atoms with Crippen LogP contribution in [0.4, 0.5) is 22.0 Å². The third-order valence-electron chi connectivity index (χ3n) is 3.65. The lowest BCUT2D eigenvalue weighted by molar-refractivity contribution is -0.139. The van der Waals surface area contributed by atoms with E-state index in [-0.39, 0.29) is 24.4 Å². The van der Waals surface area contributed by atoms with Crippen LogP contribution in [0.3, 0.4) is 0 Å². The molecule has 0 saturated carbocycles. The van der Waals surface area contributed by atoms with E-state index in [1.807, 2.05) is 4.90 Å². The smallest absolute Gasteiger partial charge is 0.314 e. The number of benzene rings is 1. The fraction of sp³-hybridized carbons (Fsp3) is 0.571. The van der Waals surface area contributed by atoms with Gasteiger partial charge in [0.05, 0.1) is 12.2 Å². The zero-order chi connectivity index (χ0) is 15.5. The first-order chi connectivity index (χ1) is 9.93. The quantitative estimate of drug-likeness (QED) is 0.840. The summed E-state index contributed by atoms with van der Waals surface area (Å²) in [5.41, 5.74) is -1.07. The normalized spacial score (nSPS) is 17.9. The van der Waals surface area contributed by atoms with Gasteiger partial charge in [-0.05, 0) is 24.1 Å². The maximum atomic E-state index is 13.2. The first-order valence-corrected chi connectivity index (χ1v) is 6.81. The molecule has 1 fully saturated rings. The Morgan fingerprint density at radius 2 is 1.82 bits per heavy atom. The van der Waals surface area contributed by atoms with Gasteiger partial charge in [0.1, 0.15) is 5.82 Å². The van der Waals surface area contributed by atoms with Gasteiger partial charge in [-0.3, -0.25) is 9.29 Å². The fourth-order valence-electron chi connectivity index (χ4n) is 2.70. The average Bonchev–Trinajstić information content (AvgIpc) is 2.45. The second-order valence-corrected chi connectivity index (χ2v) is 5.01. The molecule has 126 valence electrons. The van der Waals surface area contributed by atoms with E-state index in [0.717, 1.165) is 12.1 Å². The fourth-order valence-corrected chi connectivity index (χ4v) is 2.70. The highest BCUT2D eigenvalue weighted by molar-refractivity contribution is 5.85. The Bertz CT molecular complexity index is 475. The summed E-state index contributed by atoms with van der Waals surface area (Å²) in [6, 6.07) is 1.93. The van der Waals surface area contributed by atoms with Gasteiger partial charge < -0.3 is 5.32 Å². The highest BCUT2D eigenvalue weighted by Gasteiger charge is 2.37. The van der Waals surface area contributed by atoms with Gasteiger partial charge in [-0.25, -0.2) is 4.39 Å². The van der Waals surface area contributed by atoms with Gasteiger partial charge in [-0.2, -0.15) is 13.2 Å². The monoisotopic (exact) mass is 344 g/mol. The Labute approximate surface area is 132 Å². The molecule has 0 unspecified atom stereocenters. The molecule has 1 heterocycles. The standard InChI is InChI=1S/C14H17F5N2.ClH/c15-4-3-13(21-7-5-20-6-8-21)11-2-1-10(16)9-12(11)14(17,18)19;/h1-2,9,13,20H,3-8H2;1H/t13-;/m1./s1. The maximum Gasteiger partial charge on any atom is 0.416 e. The van der Waals surface area contributed by atoms with Crippen molar-refractivity contribution in [1.82, 2.24) is 10.2 Å². The summed E-state index contributed by atoms with van der Waals surface area (Å²) in [6.07, 6.45) is -4.69. The maximum absolute atomic E-state index is 13.2. The lowest BCUT2D eigenvalue weighted by Gasteiger charge is -2.36. The molecular formula is C14H18ClF5N2. The van der Waals surface area contributed by atoms with Crippen LogP contribution in [0.25, 0.3) is 0 Å². The first kappa shape index (κ1) is 19.1. The molecule has 8 heteroatoms. The summed E-state index contributed by atoms with van der Waals surface area (Å²) < 4.78 is 65.3. The SMILES string of the molecule is Cl.FCC[C@H](c1ccc(F)cc1C(F)(F)F)N1CCNCC1. The van der Waals surface area contributed by atoms with E-state index in [1.165, 1.54) is 0 Å². The van der Waals surface area contributed by atoms with Crippen molar-refractivity contribution < 1.29 is 22.0 Å². The Morgan fingerprint density at radius 1 is 1.18 bits per heavy atom. The van der Waals surface area contributed by atoms with Crippen LogP contribution in [0.1, 0.15) is 23.6 Å². The van der Waals surface area contributed by atoms with Crippen LogP contribution in [-0.4, -0.2) is 37.8 Å². The molecule has 0 aromatic heterocycles. The van der Waals surface area contributed by atoms with Crippen LogP contribution in [0.15, 0.2) is 18.2 Å². The molecule has 1 atom stereocenters. The Morgan fingerprint density at radius 3 is 2.36 bits per heavy atom. The number of rotatable bonds is 4. The molecule has 0 aliphatic carbocycles. The number of nitrogens with zero attached hydrogens (tertiary/aromatic N) is 1. The van der Waals surface area contributed by atoms with E-state index in [0.29, 0.717) is 32.2 Å². The Kier molecular flexibility index (Phi) is 7.02. The lowest BCUT2D eigenvalue weighted by atomic mass is 9.95. The molecule has 1 aliphatic rings. The van der Waals surface area contributed by atoms with Crippen molar-refractivity contribution in [2.45, 2.75) is 18.6 Å². The lowest BCUT2D eigenvalue weighted by Crippen LogP contribution is -2.45. The van der Waals surface area contributed by atoms with Crippen LogP contribution < -0.4 is 5.32 Å². The minimum absolute atomic E-state index is 0. The molecule has 0 bridgehead atoms. The largest absolute Gasteiger partial charge is 0.416 e. The van der Waals surface area contributed by atoms with Gasteiger partial charge in [0.15, 0.2) is 0 Å². The van der Waals surface area contributed by atoms with Gasteiger partial charge in [0.2, 0.25) is 0 Å². The summed E-state index contributed by atoms with van der Waals surface area (Å²) in [4.78, 5) is 1.82. The van der Waals surface area contributed by atoms with Crippen LogP contribution in [-0.2, 0) is 6.18 Å². The highest BCUT2D eigenvalue weighted by atomic mass is 35.5. The zero-order valence-corrected chi connectivity index (χ0v) is 12.6. The van der Waals surface area contributed by atoms with Crippen LogP contribution in [0.2, 0.25) is 0 Å². The van der Waals surface area contributed by atoms with E-state index < -0.39 is 30.3 Å². The van der Waals surface area contributed by atoms with Crippen molar-refractivity contribution in [3.05, 3.63) is 35.1 Å². The number of hydrogen-bond acceptors (Lipinski definition) is 2. The number of hydrogen-bond donors (Lipinski definition) is 1. The van der Waals surface area contributed by atoms with Crippen molar-refractivity contribution in [3.63, 3.8) is 0 Å². The molecule has 0 amide bonds. The van der Waals surface area contributed by atoms with E-state index in [1.54, 1.807) is 0 Å². The molecule has 1 N–H and O–H groups in total. The summed E-state index contributed by atoms with van der Waals surface area (Å²) in [5, 5.41) is 3.10. The Hall–Kier alpha value is -0.920. The van der Waals surface area contributed by atoms with Crippen molar-refractivity contribution >= 4 is 12.4 Å². The molecule has 1 aromatic carbocycles. The van der Waals surface area contributed by atoms with Crippen LogP contribution >= 0.6 is 12.4 Å². The number of piperazine rings is 1. The molecule has 1 aliphatic heterocycles. The predicted octanol–water partition coefficient (Wildman–Crippen LogP) is 3.57. The summed E-state index contributed by atoms with van der Waals surface area (Å²) >= 11 is 0. The third-order valence-corrected chi connectivity index (χ3v) is 3.65. The first-order valence-electron chi connectivity index (χ1n) is 6.81. The molecule has 1 saturated heterocycles. The van der Waals surface area contributed by atoms with Crippen LogP contribution in [0.5, 0.6) is 0 Å². The number of nitrogens with one attached hydrogen (secondary N) is 1. The minimum atomic E-state index is -4.65. The molecule has 0 spiro atoms. The van der Waals surface area contributed by atoms with Crippen LogP contribution in [0, 0.1) is 5.82 Å². The molecule has 22 heavy (non-hydrogen) atoms. The number of halogens is 6. The summed E-state index contributed by atoms with van der Waals surface area (Å²) in [5.74, 6) is -0.939. The van der Waals surface area contributed by atoms with Gasteiger partial charge in [-0.15, -0.1) is 12.4 Å². The van der Waals surface area contributed by atoms with Gasteiger partial charge in [0, 0.05) is 32.2 Å². The average molecular weight is 345 g/mol. The van der Waals surface area contributed by atoms with Gasteiger partial charge in [-0.1, -0.05) is 6.07 Å².